The van der Waals surface area contributed by atoms with E-state index >= 15 is 0 Å². The topological polar surface area (TPSA) is 51.2 Å². The van der Waals surface area contributed by atoms with Crippen molar-refractivity contribution in [3.05, 3.63) is 60.2 Å². The number of aromatic nitrogens is 1. The number of amides is 1. The highest BCUT2D eigenvalue weighted by Gasteiger charge is 2.43. The molecule has 1 amide bonds. The van der Waals surface area contributed by atoms with Crippen molar-refractivity contribution >= 4 is 12.2 Å². The molecular weight excluding hydrogens is 403 g/mol. The van der Waals surface area contributed by atoms with Crippen LogP contribution >= 0.6 is 0 Å². The van der Waals surface area contributed by atoms with Crippen molar-refractivity contribution in [3.8, 4) is 11.1 Å². The molecule has 0 bridgehead atoms. The predicted molar refractivity (Wildman–Crippen MR) is 125 cm³/mol. The quantitative estimate of drug-likeness (QED) is 0.584. The zero-order valence-corrected chi connectivity index (χ0v) is 19.0. The maximum absolute atomic E-state index is 13.5. The fraction of sp³-hybridized carbons (Fsp3) is 0.481. The summed E-state index contributed by atoms with van der Waals surface area (Å²) < 4.78 is 18.4. The summed E-state index contributed by atoms with van der Waals surface area (Å²) in [5, 5.41) is 3.12. The van der Waals surface area contributed by atoms with Gasteiger partial charge < -0.3 is 10.1 Å². The first-order valence-corrected chi connectivity index (χ1v) is 11.8. The van der Waals surface area contributed by atoms with Gasteiger partial charge in [-0.25, -0.2) is 9.18 Å². The molecule has 0 aliphatic heterocycles. The summed E-state index contributed by atoms with van der Waals surface area (Å²) in [6.07, 6.45) is 13.0. The number of carbonyl (C=O) groups is 1. The van der Waals surface area contributed by atoms with Gasteiger partial charge >= 0.3 is 6.09 Å². The third-order valence-corrected chi connectivity index (χ3v) is 7.42. The Balaban J connectivity index is 1.54. The van der Waals surface area contributed by atoms with Gasteiger partial charge in [-0.2, -0.15) is 0 Å². The fourth-order valence-corrected chi connectivity index (χ4v) is 5.89. The maximum atomic E-state index is 13.5. The summed E-state index contributed by atoms with van der Waals surface area (Å²) in [5.41, 5.74) is 2.63. The van der Waals surface area contributed by atoms with Crippen molar-refractivity contribution < 1.29 is 13.9 Å². The molecule has 32 heavy (non-hydrogen) atoms. The Hall–Kier alpha value is -2.69. The summed E-state index contributed by atoms with van der Waals surface area (Å²) in [5.74, 6) is 1.85. The second-order valence-electron chi connectivity index (χ2n) is 9.18. The maximum Gasteiger partial charge on any atom is 0.407 e. The van der Waals surface area contributed by atoms with Gasteiger partial charge in [-0.3, -0.25) is 4.98 Å². The third-order valence-electron chi connectivity index (χ3n) is 7.42. The number of halogens is 1. The standard InChI is InChI=1S/C27H33FN2O2/c1-3-23-25(24-10-5-4-7-19(24)16-26(23)30-27(31)32-2)14-13-22-12-11-20(17-29-22)18-8-6-9-21(28)15-18/h6,8-9,11-15,17,19,23-26H,3-5,7,10,16H2,1-2H3,(H,30,31)/b14-13+. The van der Waals surface area contributed by atoms with Gasteiger partial charge in [0.1, 0.15) is 5.82 Å². The van der Waals surface area contributed by atoms with E-state index in [1.165, 1.54) is 44.9 Å². The largest absolute Gasteiger partial charge is 0.453 e. The van der Waals surface area contributed by atoms with E-state index in [0.29, 0.717) is 23.7 Å². The second-order valence-corrected chi connectivity index (χ2v) is 9.18. The second kappa shape index (κ2) is 10.3. The summed E-state index contributed by atoms with van der Waals surface area (Å²) in [4.78, 5) is 16.6. The Kier molecular flexibility index (Phi) is 7.23. The number of methoxy groups -OCH3 is 1. The number of carbonyl (C=O) groups excluding carboxylic acids is 1. The summed E-state index contributed by atoms with van der Waals surface area (Å²) >= 11 is 0. The number of nitrogens with zero attached hydrogens (tertiary/aromatic N) is 1. The van der Waals surface area contributed by atoms with Crippen molar-refractivity contribution in [2.24, 2.45) is 23.7 Å². The molecule has 1 aromatic heterocycles. The van der Waals surface area contributed by atoms with E-state index < -0.39 is 0 Å². The molecule has 5 unspecified atom stereocenters. The lowest BCUT2D eigenvalue weighted by Gasteiger charge is -2.48. The van der Waals surface area contributed by atoms with E-state index in [9.17, 15) is 9.18 Å². The van der Waals surface area contributed by atoms with Crippen molar-refractivity contribution in [1.29, 1.82) is 0 Å². The van der Waals surface area contributed by atoms with Crippen LogP contribution in [0.4, 0.5) is 9.18 Å². The molecule has 2 fully saturated rings. The molecule has 1 N–H and O–H groups in total. The predicted octanol–water partition coefficient (Wildman–Crippen LogP) is 6.48. The minimum atomic E-state index is -0.333. The van der Waals surface area contributed by atoms with Gasteiger partial charge in [0.2, 0.25) is 0 Å². The number of benzene rings is 1. The number of pyridine rings is 1. The Morgan fingerprint density at radius 3 is 2.78 bits per heavy atom. The molecule has 2 aliphatic rings. The van der Waals surface area contributed by atoms with Crippen molar-refractivity contribution in [2.45, 2.75) is 51.5 Å². The van der Waals surface area contributed by atoms with Crippen LogP contribution in [0.1, 0.15) is 51.1 Å². The van der Waals surface area contributed by atoms with Gasteiger partial charge in [-0.15, -0.1) is 0 Å². The zero-order chi connectivity index (χ0) is 22.5. The molecule has 4 nitrogen and oxygen atoms in total. The zero-order valence-electron chi connectivity index (χ0n) is 19.0. The van der Waals surface area contributed by atoms with Crippen LogP contribution in [0.5, 0.6) is 0 Å². The number of allylic oxidation sites excluding steroid dienone is 1. The van der Waals surface area contributed by atoms with Crippen LogP contribution in [0, 0.1) is 29.5 Å². The minimum Gasteiger partial charge on any atom is -0.453 e. The lowest BCUT2D eigenvalue weighted by molar-refractivity contribution is 0.0495. The molecule has 0 radical (unpaired) electrons. The number of nitrogens with one attached hydrogen (secondary N) is 1. The third kappa shape index (κ3) is 5.03. The van der Waals surface area contributed by atoms with E-state index in [4.69, 9.17) is 4.74 Å². The molecule has 5 atom stereocenters. The van der Waals surface area contributed by atoms with Crippen molar-refractivity contribution in [3.63, 3.8) is 0 Å². The van der Waals surface area contributed by atoms with Crippen LogP contribution in [0.25, 0.3) is 17.2 Å². The van der Waals surface area contributed by atoms with Crippen LogP contribution in [-0.2, 0) is 4.74 Å². The lowest BCUT2D eigenvalue weighted by atomic mass is 9.59. The average molecular weight is 437 g/mol. The fourth-order valence-electron chi connectivity index (χ4n) is 5.89. The van der Waals surface area contributed by atoms with E-state index in [-0.39, 0.29) is 18.0 Å². The van der Waals surface area contributed by atoms with E-state index in [0.717, 1.165) is 29.7 Å². The molecule has 2 saturated carbocycles. The molecule has 1 aromatic carbocycles. The van der Waals surface area contributed by atoms with E-state index in [1.807, 2.05) is 18.2 Å². The minimum absolute atomic E-state index is 0.143. The van der Waals surface area contributed by atoms with E-state index in [2.05, 4.69) is 29.4 Å². The summed E-state index contributed by atoms with van der Waals surface area (Å²) in [6, 6.07) is 10.7. The molecule has 170 valence electrons. The van der Waals surface area contributed by atoms with Crippen molar-refractivity contribution in [1.82, 2.24) is 10.3 Å². The number of ether oxygens (including phenoxy) is 1. The molecule has 2 aromatic rings. The molecule has 0 saturated heterocycles. The number of alkyl carbamates (subject to hydrolysis) is 1. The van der Waals surface area contributed by atoms with Crippen LogP contribution < -0.4 is 5.32 Å². The van der Waals surface area contributed by atoms with Gasteiger partial charge in [0.05, 0.1) is 12.8 Å². The normalized spacial score (nSPS) is 27.7. The smallest absolute Gasteiger partial charge is 0.407 e. The van der Waals surface area contributed by atoms with Gasteiger partial charge in [-0.1, -0.05) is 56.9 Å². The van der Waals surface area contributed by atoms with Crippen LogP contribution in [0.3, 0.4) is 0 Å². The molecule has 1 heterocycles. The number of fused-ring (bicyclic) bond motifs is 1. The van der Waals surface area contributed by atoms with Gasteiger partial charge in [-0.05, 0) is 66.4 Å². The number of hydrogen-bond donors (Lipinski definition) is 1. The van der Waals surface area contributed by atoms with Gasteiger partial charge in [0.25, 0.3) is 0 Å². The van der Waals surface area contributed by atoms with Crippen LogP contribution in [0.15, 0.2) is 48.7 Å². The highest BCUT2D eigenvalue weighted by atomic mass is 19.1. The van der Waals surface area contributed by atoms with Crippen molar-refractivity contribution in [2.75, 3.05) is 7.11 Å². The number of rotatable bonds is 5. The monoisotopic (exact) mass is 436 g/mol. The first kappa shape index (κ1) is 22.5. The first-order valence-electron chi connectivity index (χ1n) is 11.8. The summed E-state index contributed by atoms with van der Waals surface area (Å²) in [7, 11) is 1.43. The van der Waals surface area contributed by atoms with E-state index in [1.54, 1.807) is 12.3 Å². The van der Waals surface area contributed by atoms with Crippen LogP contribution in [0.2, 0.25) is 0 Å². The first-order chi connectivity index (χ1) is 15.6. The molecule has 4 rings (SSSR count). The Morgan fingerprint density at radius 2 is 2.06 bits per heavy atom. The Bertz CT molecular complexity index is 943. The van der Waals surface area contributed by atoms with Crippen LogP contribution in [-0.4, -0.2) is 24.2 Å². The Morgan fingerprint density at radius 1 is 1.22 bits per heavy atom. The SMILES string of the molecule is CCC1C(NC(=O)OC)CC2CCCCC2C1/C=C/c1ccc(-c2cccc(F)c2)cn1. The van der Waals surface area contributed by atoms with Gasteiger partial charge in [0.15, 0.2) is 0 Å². The summed E-state index contributed by atoms with van der Waals surface area (Å²) in [6.45, 7) is 2.21. The molecule has 2 aliphatic carbocycles. The highest BCUT2D eigenvalue weighted by Crippen LogP contribution is 2.48. The highest BCUT2D eigenvalue weighted by molar-refractivity contribution is 5.67. The van der Waals surface area contributed by atoms with Gasteiger partial charge in [0, 0.05) is 17.8 Å². The Labute approximate surface area is 190 Å². The average Bonchev–Trinajstić information content (AvgIpc) is 2.82. The lowest BCUT2D eigenvalue weighted by Crippen LogP contribution is -2.51. The molecular formula is C27H33FN2O2. The number of hydrogen-bond acceptors (Lipinski definition) is 3. The molecule has 5 heteroatoms. The molecule has 0 spiro atoms.